The molecule has 0 saturated heterocycles. The second-order valence-corrected chi connectivity index (χ2v) is 5.44. The summed E-state index contributed by atoms with van der Waals surface area (Å²) in [6.07, 6.45) is 1.73. The van der Waals surface area contributed by atoms with Gasteiger partial charge < -0.3 is 4.74 Å². The molecule has 100 valence electrons. The van der Waals surface area contributed by atoms with Crippen molar-refractivity contribution in [2.75, 3.05) is 7.11 Å². The van der Waals surface area contributed by atoms with Gasteiger partial charge in [-0.2, -0.15) is 0 Å². The van der Waals surface area contributed by atoms with E-state index in [0.29, 0.717) is 5.75 Å². The average molecular weight is 313 g/mol. The van der Waals surface area contributed by atoms with Crippen molar-refractivity contribution in [2.45, 2.75) is 40.5 Å². The van der Waals surface area contributed by atoms with Gasteiger partial charge in [-0.25, -0.2) is 0 Å². The van der Waals surface area contributed by atoms with Gasteiger partial charge in [0.05, 0.1) is 12.7 Å². The third-order valence-electron chi connectivity index (χ3n) is 3.47. The van der Waals surface area contributed by atoms with Crippen molar-refractivity contribution in [3.63, 3.8) is 0 Å². The number of ether oxygens (including phenoxy) is 1. The fraction of sp³-hybridized carbons (Fsp3) is 0.533. The van der Waals surface area contributed by atoms with Crippen LogP contribution in [0.1, 0.15) is 48.2 Å². The third kappa shape index (κ3) is 2.77. The molecule has 0 unspecified atom stereocenters. The Morgan fingerprint density at radius 3 is 2.33 bits per heavy atom. The largest absolute Gasteiger partial charge is 0.496 e. The molecule has 0 amide bonds. The molecule has 0 aliphatic carbocycles. The second-order valence-electron chi connectivity index (χ2n) is 4.59. The van der Waals surface area contributed by atoms with Crippen LogP contribution in [0.4, 0.5) is 0 Å². The number of benzene rings is 1. The lowest BCUT2D eigenvalue weighted by atomic mass is 9.89. The zero-order valence-electron chi connectivity index (χ0n) is 11.8. The summed E-state index contributed by atoms with van der Waals surface area (Å²) in [5, 5.41) is 0. The fourth-order valence-electron chi connectivity index (χ4n) is 2.27. The highest BCUT2D eigenvalue weighted by atomic mass is 79.9. The van der Waals surface area contributed by atoms with E-state index in [-0.39, 0.29) is 11.7 Å². The molecule has 2 nitrogen and oxygen atoms in total. The van der Waals surface area contributed by atoms with Gasteiger partial charge in [-0.3, -0.25) is 4.79 Å². The Balaban J connectivity index is 3.42. The quantitative estimate of drug-likeness (QED) is 0.737. The van der Waals surface area contributed by atoms with Gasteiger partial charge in [-0.05, 0) is 43.9 Å². The number of carbonyl (C=O) groups is 1. The van der Waals surface area contributed by atoms with Gasteiger partial charge in [0.1, 0.15) is 5.75 Å². The van der Waals surface area contributed by atoms with E-state index in [1.165, 1.54) is 0 Å². The van der Waals surface area contributed by atoms with Gasteiger partial charge in [-0.1, -0.05) is 29.8 Å². The van der Waals surface area contributed by atoms with Crippen LogP contribution in [0.3, 0.4) is 0 Å². The van der Waals surface area contributed by atoms with Crippen molar-refractivity contribution in [2.24, 2.45) is 5.92 Å². The lowest BCUT2D eigenvalue weighted by Gasteiger charge is -2.18. The van der Waals surface area contributed by atoms with Crippen LogP contribution in [0, 0.1) is 19.8 Å². The maximum Gasteiger partial charge on any atom is 0.169 e. The molecule has 0 N–H and O–H groups in total. The number of methoxy groups -OCH3 is 1. The van der Waals surface area contributed by atoms with E-state index in [0.717, 1.165) is 34.0 Å². The standard InChI is InChI=1S/C15H21BrO2/c1-6-11(7-2)14(17)13-10(4)12(16)8-9(3)15(13)18-5/h8,11H,6-7H2,1-5H3. The molecule has 1 aromatic rings. The molecule has 0 saturated carbocycles. The molecular formula is C15H21BrO2. The molecule has 0 bridgehead atoms. The number of carbonyl (C=O) groups excluding carboxylic acids is 1. The predicted molar refractivity (Wildman–Crippen MR) is 78.6 cm³/mol. The Labute approximate surface area is 118 Å². The number of rotatable bonds is 5. The fourth-order valence-corrected chi connectivity index (χ4v) is 2.82. The van der Waals surface area contributed by atoms with Crippen molar-refractivity contribution in [1.82, 2.24) is 0 Å². The van der Waals surface area contributed by atoms with Gasteiger partial charge in [0, 0.05) is 10.4 Å². The second kappa shape index (κ2) is 6.37. The summed E-state index contributed by atoms with van der Waals surface area (Å²) in [6, 6.07) is 2.00. The first-order valence-electron chi connectivity index (χ1n) is 6.35. The number of halogens is 1. The van der Waals surface area contributed by atoms with E-state index in [9.17, 15) is 4.79 Å². The van der Waals surface area contributed by atoms with E-state index in [1.807, 2.05) is 19.9 Å². The molecule has 0 spiro atoms. The minimum atomic E-state index is 0.0753. The van der Waals surface area contributed by atoms with E-state index >= 15 is 0 Å². The molecule has 0 atom stereocenters. The lowest BCUT2D eigenvalue weighted by molar-refractivity contribution is 0.0909. The van der Waals surface area contributed by atoms with Crippen molar-refractivity contribution in [1.29, 1.82) is 0 Å². The van der Waals surface area contributed by atoms with Crippen LogP contribution >= 0.6 is 15.9 Å². The van der Waals surface area contributed by atoms with Crippen LogP contribution in [0.15, 0.2) is 10.5 Å². The minimum absolute atomic E-state index is 0.0753. The number of Topliss-reactive ketones (excluding diaryl/α,β-unsaturated/α-hetero) is 1. The Morgan fingerprint density at radius 1 is 1.33 bits per heavy atom. The maximum absolute atomic E-state index is 12.6. The highest BCUT2D eigenvalue weighted by Crippen LogP contribution is 2.34. The lowest BCUT2D eigenvalue weighted by Crippen LogP contribution is -2.16. The third-order valence-corrected chi connectivity index (χ3v) is 4.29. The van der Waals surface area contributed by atoms with E-state index in [2.05, 4.69) is 29.8 Å². The zero-order valence-corrected chi connectivity index (χ0v) is 13.3. The summed E-state index contributed by atoms with van der Waals surface area (Å²) < 4.78 is 6.40. The normalized spacial score (nSPS) is 10.8. The van der Waals surface area contributed by atoms with Gasteiger partial charge in [-0.15, -0.1) is 0 Å². The molecule has 0 heterocycles. The van der Waals surface area contributed by atoms with Crippen molar-refractivity contribution >= 4 is 21.7 Å². The van der Waals surface area contributed by atoms with Crippen LogP contribution in [0.2, 0.25) is 0 Å². The average Bonchev–Trinajstić information content (AvgIpc) is 2.34. The predicted octanol–water partition coefficient (Wildman–Crippen LogP) is 4.69. The highest BCUT2D eigenvalue weighted by Gasteiger charge is 2.24. The molecule has 18 heavy (non-hydrogen) atoms. The van der Waals surface area contributed by atoms with Crippen molar-refractivity contribution in [3.05, 3.63) is 27.2 Å². The van der Waals surface area contributed by atoms with Crippen LogP contribution in [0.5, 0.6) is 5.75 Å². The van der Waals surface area contributed by atoms with Gasteiger partial charge >= 0.3 is 0 Å². The topological polar surface area (TPSA) is 26.3 Å². The maximum atomic E-state index is 12.6. The molecular weight excluding hydrogens is 292 g/mol. The molecule has 0 aliphatic rings. The van der Waals surface area contributed by atoms with E-state index < -0.39 is 0 Å². The van der Waals surface area contributed by atoms with E-state index in [4.69, 9.17) is 4.74 Å². The Kier molecular flexibility index (Phi) is 5.39. The molecule has 0 fully saturated rings. The smallest absolute Gasteiger partial charge is 0.169 e. The molecule has 0 aliphatic heterocycles. The van der Waals surface area contributed by atoms with Crippen LogP contribution in [-0.4, -0.2) is 12.9 Å². The summed E-state index contributed by atoms with van der Waals surface area (Å²) in [5.41, 5.74) is 2.69. The zero-order chi connectivity index (χ0) is 13.9. The molecule has 1 rings (SSSR count). The Hall–Kier alpha value is -0.830. The first kappa shape index (κ1) is 15.2. The number of ketones is 1. The molecule has 3 heteroatoms. The van der Waals surface area contributed by atoms with Gasteiger partial charge in [0.25, 0.3) is 0 Å². The van der Waals surface area contributed by atoms with Gasteiger partial charge in [0.15, 0.2) is 5.78 Å². The van der Waals surface area contributed by atoms with Crippen LogP contribution in [-0.2, 0) is 0 Å². The first-order valence-corrected chi connectivity index (χ1v) is 7.15. The van der Waals surface area contributed by atoms with Crippen LogP contribution in [0.25, 0.3) is 0 Å². The summed E-state index contributed by atoms with van der Waals surface area (Å²) in [6.45, 7) is 8.03. The summed E-state index contributed by atoms with van der Waals surface area (Å²) >= 11 is 3.51. The molecule has 0 radical (unpaired) electrons. The molecule has 1 aromatic carbocycles. The first-order chi connectivity index (χ1) is 8.47. The number of hydrogen-bond donors (Lipinski definition) is 0. The summed E-state index contributed by atoms with van der Waals surface area (Å²) in [7, 11) is 1.62. The number of aryl methyl sites for hydroxylation is 1. The van der Waals surface area contributed by atoms with Crippen molar-refractivity contribution < 1.29 is 9.53 Å². The van der Waals surface area contributed by atoms with Crippen LogP contribution < -0.4 is 4.74 Å². The SMILES string of the molecule is CCC(CC)C(=O)c1c(C)c(Br)cc(C)c1OC. The van der Waals surface area contributed by atoms with Gasteiger partial charge in [0.2, 0.25) is 0 Å². The highest BCUT2D eigenvalue weighted by molar-refractivity contribution is 9.10. The van der Waals surface area contributed by atoms with E-state index in [1.54, 1.807) is 7.11 Å². The number of hydrogen-bond acceptors (Lipinski definition) is 2. The summed E-state index contributed by atoms with van der Waals surface area (Å²) in [5.74, 6) is 0.984. The molecule has 0 aromatic heterocycles. The monoisotopic (exact) mass is 312 g/mol. The minimum Gasteiger partial charge on any atom is -0.496 e. The Bertz CT molecular complexity index is 448. The van der Waals surface area contributed by atoms with Crippen molar-refractivity contribution in [3.8, 4) is 5.75 Å². The summed E-state index contributed by atoms with van der Waals surface area (Å²) in [4.78, 5) is 12.6. The Morgan fingerprint density at radius 2 is 1.89 bits per heavy atom.